The summed E-state index contributed by atoms with van der Waals surface area (Å²) in [4.78, 5) is 10.6. The fourth-order valence-corrected chi connectivity index (χ4v) is 11.0. The molecule has 0 atom stereocenters. The number of rotatable bonds is 7. The van der Waals surface area contributed by atoms with E-state index >= 15 is 0 Å². The van der Waals surface area contributed by atoms with Gasteiger partial charge in [-0.3, -0.25) is 0 Å². The molecule has 14 rings (SSSR count). The van der Waals surface area contributed by atoms with Crippen LogP contribution >= 0.6 is 0 Å². The molecule has 0 aliphatic rings. The molecule has 0 radical (unpaired) electrons. The molecule has 0 saturated carbocycles. The molecule has 0 saturated heterocycles. The standard InChI is InChI=1S/C68H43N3/c1-2-16-49(17-3-1)68-69-63(51-19-14-20-52(41-51)71-65-27-12-10-25-59(65)60-26-11-13-28-66(60)71)43-64(70-68)58-40-39-54(56-23-8-9-24-57(56)58)47-33-29-44(30-34-47)45-31-35-48(36-32-45)67-55-22-7-5-18-50(55)42-62-53-21-6-4-15-46(53)37-38-61(62)67/h1-43H. The monoisotopic (exact) mass is 901 g/mol. The molecule has 0 spiro atoms. The van der Waals surface area contributed by atoms with Gasteiger partial charge in [0.05, 0.1) is 22.4 Å². The van der Waals surface area contributed by atoms with Gasteiger partial charge in [-0.05, 0) is 113 Å². The maximum atomic E-state index is 5.30. The number of aromatic nitrogens is 3. The van der Waals surface area contributed by atoms with Crippen LogP contribution in [-0.4, -0.2) is 14.5 Å². The van der Waals surface area contributed by atoms with Crippen molar-refractivity contribution in [3.8, 4) is 73.0 Å². The Morgan fingerprint density at radius 1 is 0.254 bits per heavy atom. The van der Waals surface area contributed by atoms with Crippen molar-refractivity contribution in [1.29, 1.82) is 0 Å². The highest BCUT2D eigenvalue weighted by atomic mass is 15.0. The van der Waals surface area contributed by atoms with E-state index in [2.05, 4.69) is 247 Å². The van der Waals surface area contributed by atoms with Crippen LogP contribution in [-0.2, 0) is 0 Å². The largest absolute Gasteiger partial charge is 0.309 e. The molecule has 2 aromatic heterocycles. The highest BCUT2D eigenvalue weighted by molar-refractivity contribution is 6.20. The summed E-state index contributed by atoms with van der Waals surface area (Å²) in [6, 6.07) is 94.2. The van der Waals surface area contributed by atoms with Crippen molar-refractivity contribution in [3.63, 3.8) is 0 Å². The third-order valence-electron chi connectivity index (χ3n) is 14.4. The second-order valence-corrected chi connectivity index (χ2v) is 18.5. The van der Waals surface area contributed by atoms with Crippen molar-refractivity contribution in [3.05, 3.63) is 261 Å². The average molecular weight is 902 g/mol. The van der Waals surface area contributed by atoms with E-state index in [0.717, 1.165) is 44.7 Å². The van der Waals surface area contributed by atoms with Gasteiger partial charge >= 0.3 is 0 Å². The van der Waals surface area contributed by atoms with Crippen molar-refractivity contribution in [2.75, 3.05) is 0 Å². The zero-order chi connectivity index (χ0) is 46.8. The average Bonchev–Trinajstić information content (AvgIpc) is 3.79. The lowest BCUT2D eigenvalue weighted by Gasteiger charge is -2.15. The van der Waals surface area contributed by atoms with E-state index in [0.29, 0.717) is 5.82 Å². The second-order valence-electron chi connectivity index (χ2n) is 18.5. The Morgan fingerprint density at radius 2 is 0.789 bits per heavy atom. The molecule has 0 unspecified atom stereocenters. The first-order chi connectivity index (χ1) is 35.2. The number of hydrogen-bond acceptors (Lipinski definition) is 2. The molecule has 3 nitrogen and oxygen atoms in total. The van der Waals surface area contributed by atoms with Crippen molar-refractivity contribution in [1.82, 2.24) is 14.5 Å². The van der Waals surface area contributed by atoms with Gasteiger partial charge in [0.25, 0.3) is 0 Å². The van der Waals surface area contributed by atoms with Crippen LogP contribution in [0.4, 0.5) is 0 Å². The van der Waals surface area contributed by atoms with Crippen molar-refractivity contribution in [2.45, 2.75) is 0 Å². The van der Waals surface area contributed by atoms with E-state index in [1.54, 1.807) is 0 Å². The summed E-state index contributed by atoms with van der Waals surface area (Å²) in [6.07, 6.45) is 0. The molecule has 0 N–H and O–H groups in total. The zero-order valence-electron chi connectivity index (χ0n) is 38.7. The lowest BCUT2D eigenvalue weighted by Crippen LogP contribution is -1.98. The summed E-state index contributed by atoms with van der Waals surface area (Å²) >= 11 is 0. The van der Waals surface area contributed by atoms with Crippen LogP contribution in [0.2, 0.25) is 0 Å². The van der Waals surface area contributed by atoms with Crippen LogP contribution in [0.5, 0.6) is 0 Å². The van der Waals surface area contributed by atoms with E-state index in [9.17, 15) is 0 Å². The molecule has 330 valence electrons. The van der Waals surface area contributed by atoms with Crippen molar-refractivity contribution in [2.24, 2.45) is 0 Å². The first-order valence-corrected chi connectivity index (χ1v) is 24.3. The molecule has 12 aromatic carbocycles. The number of hydrogen-bond donors (Lipinski definition) is 0. The Morgan fingerprint density at radius 3 is 1.51 bits per heavy atom. The highest BCUT2D eigenvalue weighted by Gasteiger charge is 2.18. The molecule has 0 amide bonds. The van der Waals surface area contributed by atoms with Crippen LogP contribution in [0.25, 0.3) is 138 Å². The Hall–Kier alpha value is -9.44. The number of nitrogens with zero attached hydrogens (tertiary/aromatic N) is 3. The molecule has 2 heterocycles. The Bertz CT molecular complexity index is 4320. The van der Waals surface area contributed by atoms with Gasteiger partial charge in [0.1, 0.15) is 0 Å². The van der Waals surface area contributed by atoms with Crippen molar-refractivity contribution < 1.29 is 0 Å². The maximum Gasteiger partial charge on any atom is 0.160 e. The molecule has 0 fully saturated rings. The number of fused-ring (bicyclic) bond motifs is 8. The van der Waals surface area contributed by atoms with Crippen LogP contribution in [0.3, 0.4) is 0 Å². The van der Waals surface area contributed by atoms with Crippen LogP contribution in [0.15, 0.2) is 261 Å². The summed E-state index contributed by atoms with van der Waals surface area (Å²) in [6.45, 7) is 0. The van der Waals surface area contributed by atoms with E-state index in [1.807, 2.05) is 18.2 Å². The molecule has 3 heteroatoms. The van der Waals surface area contributed by atoms with Crippen LogP contribution < -0.4 is 0 Å². The normalized spacial score (nSPS) is 11.7. The maximum absolute atomic E-state index is 5.30. The fraction of sp³-hybridized carbons (Fsp3) is 0. The van der Waals surface area contributed by atoms with E-state index in [1.165, 1.54) is 87.3 Å². The number of benzene rings is 12. The fourth-order valence-electron chi connectivity index (χ4n) is 11.0. The quantitative estimate of drug-likeness (QED) is 0.118. The summed E-state index contributed by atoms with van der Waals surface area (Å²) in [5, 5.41) is 12.4. The smallest absolute Gasteiger partial charge is 0.160 e. The van der Waals surface area contributed by atoms with E-state index in [4.69, 9.17) is 9.97 Å². The SMILES string of the molecule is c1ccc(-c2nc(-c3cccc(-n4c5ccccc5c5ccccc54)c3)cc(-c3ccc(-c4ccc(-c5ccc(-c6c7ccccc7cc7c6ccc6ccccc67)cc5)cc4)c4ccccc34)n2)cc1. The van der Waals surface area contributed by atoms with Gasteiger partial charge in [-0.2, -0.15) is 0 Å². The molecule has 71 heavy (non-hydrogen) atoms. The van der Waals surface area contributed by atoms with Crippen molar-refractivity contribution >= 4 is 64.9 Å². The predicted molar refractivity (Wildman–Crippen MR) is 299 cm³/mol. The van der Waals surface area contributed by atoms with Crippen LogP contribution in [0.1, 0.15) is 0 Å². The van der Waals surface area contributed by atoms with Gasteiger partial charge in [0.15, 0.2) is 5.82 Å². The minimum absolute atomic E-state index is 0.691. The first-order valence-electron chi connectivity index (χ1n) is 24.3. The zero-order valence-corrected chi connectivity index (χ0v) is 38.7. The van der Waals surface area contributed by atoms with Crippen LogP contribution in [0, 0.1) is 0 Å². The predicted octanol–water partition coefficient (Wildman–Crippen LogP) is 18.2. The minimum Gasteiger partial charge on any atom is -0.309 e. The van der Waals surface area contributed by atoms with Gasteiger partial charge in [0, 0.05) is 33.2 Å². The lowest BCUT2D eigenvalue weighted by molar-refractivity contribution is 1.16. The lowest BCUT2D eigenvalue weighted by atomic mass is 9.89. The molecule has 0 aliphatic carbocycles. The van der Waals surface area contributed by atoms with Gasteiger partial charge in [-0.15, -0.1) is 0 Å². The van der Waals surface area contributed by atoms with Gasteiger partial charge in [-0.25, -0.2) is 9.97 Å². The first kappa shape index (κ1) is 40.6. The van der Waals surface area contributed by atoms with E-state index in [-0.39, 0.29) is 0 Å². The van der Waals surface area contributed by atoms with Gasteiger partial charge in [-0.1, -0.05) is 224 Å². The third-order valence-corrected chi connectivity index (χ3v) is 14.4. The molecule has 0 aliphatic heterocycles. The third kappa shape index (κ3) is 6.89. The summed E-state index contributed by atoms with van der Waals surface area (Å²) in [5.41, 5.74) is 15.4. The Balaban J connectivity index is 0.826. The second kappa shape index (κ2) is 16.7. The molecule has 0 bridgehead atoms. The summed E-state index contributed by atoms with van der Waals surface area (Å²) in [7, 11) is 0. The topological polar surface area (TPSA) is 30.7 Å². The summed E-state index contributed by atoms with van der Waals surface area (Å²) < 4.78 is 2.36. The highest BCUT2D eigenvalue weighted by Crippen LogP contribution is 2.42. The number of para-hydroxylation sites is 2. The minimum atomic E-state index is 0.691. The molecular formula is C68H43N3. The molecule has 14 aromatic rings. The Kier molecular flexibility index (Phi) is 9.53. The summed E-state index contributed by atoms with van der Waals surface area (Å²) in [5.74, 6) is 0.691. The van der Waals surface area contributed by atoms with E-state index < -0.39 is 0 Å². The Labute approximate surface area is 411 Å². The van der Waals surface area contributed by atoms with Gasteiger partial charge < -0.3 is 4.57 Å². The molecular weight excluding hydrogens is 859 g/mol. The van der Waals surface area contributed by atoms with Gasteiger partial charge in [0.2, 0.25) is 0 Å².